The van der Waals surface area contributed by atoms with Crippen LogP contribution in [-0.4, -0.2) is 36.0 Å². The zero-order chi connectivity index (χ0) is 18.6. The summed E-state index contributed by atoms with van der Waals surface area (Å²) in [5.41, 5.74) is -1.000. The van der Waals surface area contributed by atoms with E-state index in [4.69, 9.17) is 0 Å². The van der Waals surface area contributed by atoms with Crippen molar-refractivity contribution in [3.8, 4) is 17.0 Å². The number of hydrogen-bond donors (Lipinski definition) is 1. The Labute approximate surface area is 140 Å². The van der Waals surface area contributed by atoms with Gasteiger partial charge in [0.2, 0.25) is 0 Å². The lowest BCUT2D eigenvalue weighted by atomic mass is 10.0. The van der Waals surface area contributed by atoms with Gasteiger partial charge in [0.05, 0.1) is 23.9 Å². The highest BCUT2D eigenvalue weighted by atomic mass is 19.4. The number of esters is 1. The fourth-order valence-electron chi connectivity index (χ4n) is 2.05. The number of hydrogen-bond acceptors (Lipinski definition) is 6. The van der Waals surface area contributed by atoms with E-state index in [0.29, 0.717) is 6.20 Å². The molecule has 0 aliphatic carbocycles. The van der Waals surface area contributed by atoms with E-state index in [1.54, 1.807) is 0 Å². The molecule has 6 nitrogen and oxygen atoms in total. The van der Waals surface area contributed by atoms with Gasteiger partial charge in [0.1, 0.15) is 12.9 Å². The highest BCUT2D eigenvalue weighted by Crippen LogP contribution is 2.34. The van der Waals surface area contributed by atoms with Crippen LogP contribution in [-0.2, 0) is 20.5 Å². The minimum Gasteiger partial charge on any atom is -0.507 e. The average Bonchev–Trinajstić information content (AvgIpc) is 2.59. The number of phenols is 1. The second kappa shape index (κ2) is 7.20. The van der Waals surface area contributed by atoms with Gasteiger partial charge in [-0.3, -0.25) is 4.98 Å². The second-order valence-corrected chi connectivity index (χ2v) is 4.75. The molecule has 0 saturated carbocycles. The lowest BCUT2D eigenvalue weighted by molar-refractivity contribution is -0.137. The maximum Gasteiger partial charge on any atom is 0.417 e. The van der Waals surface area contributed by atoms with Crippen LogP contribution in [0.4, 0.5) is 13.2 Å². The number of benzene rings is 1. The number of nitrogens with zero attached hydrogens (tertiary/aromatic N) is 2. The SMILES string of the molecule is CON=C(C(=O)OC)c1cccc(-c2ccc(C(F)(F)F)cn2)c1O. The molecule has 2 rings (SSSR count). The van der Waals surface area contributed by atoms with Crippen molar-refractivity contribution in [1.82, 2.24) is 4.98 Å². The van der Waals surface area contributed by atoms with Crippen LogP contribution >= 0.6 is 0 Å². The zero-order valence-corrected chi connectivity index (χ0v) is 13.2. The van der Waals surface area contributed by atoms with E-state index in [-0.39, 0.29) is 22.5 Å². The van der Waals surface area contributed by atoms with Gasteiger partial charge in [-0.2, -0.15) is 13.2 Å². The molecule has 0 saturated heterocycles. The van der Waals surface area contributed by atoms with Gasteiger partial charge in [-0.15, -0.1) is 0 Å². The first-order chi connectivity index (χ1) is 11.8. The third-order valence-electron chi connectivity index (χ3n) is 3.22. The van der Waals surface area contributed by atoms with E-state index in [1.807, 2.05) is 0 Å². The van der Waals surface area contributed by atoms with E-state index >= 15 is 0 Å². The summed E-state index contributed by atoms with van der Waals surface area (Å²) in [5.74, 6) is -1.24. The van der Waals surface area contributed by atoms with Crippen LogP contribution in [0.2, 0.25) is 0 Å². The Hall–Kier alpha value is -3.10. The number of pyridine rings is 1. The Morgan fingerprint density at radius 1 is 1.20 bits per heavy atom. The van der Waals surface area contributed by atoms with Crippen molar-refractivity contribution in [2.75, 3.05) is 14.2 Å². The van der Waals surface area contributed by atoms with E-state index in [2.05, 4.69) is 19.7 Å². The molecule has 25 heavy (non-hydrogen) atoms. The van der Waals surface area contributed by atoms with Gasteiger partial charge in [0, 0.05) is 11.8 Å². The molecule has 0 bridgehead atoms. The van der Waals surface area contributed by atoms with Crippen molar-refractivity contribution in [3.05, 3.63) is 47.7 Å². The third-order valence-corrected chi connectivity index (χ3v) is 3.22. The third kappa shape index (κ3) is 3.87. The highest BCUT2D eigenvalue weighted by molar-refractivity contribution is 6.43. The fraction of sp³-hybridized carbons (Fsp3) is 0.188. The van der Waals surface area contributed by atoms with Crippen molar-refractivity contribution < 1.29 is 32.6 Å². The summed E-state index contributed by atoms with van der Waals surface area (Å²) < 4.78 is 42.4. The predicted octanol–water partition coefficient (Wildman–Crippen LogP) is 3.00. The van der Waals surface area contributed by atoms with Crippen LogP contribution in [0.3, 0.4) is 0 Å². The molecule has 0 unspecified atom stereocenters. The average molecular weight is 354 g/mol. The van der Waals surface area contributed by atoms with Crippen molar-refractivity contribution >= 4 is 11.7 Å². The maximum atomic E-state index is 12.6. The van der Waals surface area contributed by atoms with E-state index < -0.39 is 23.5 Å². The zero-order valence-electron chi connectivity index (χ0n) is 13.2. The van der Waals surface area contributed by atoms with Crippen LogP contribution < -0.4 is 0 Å². The minimum atomic E-state index is -4.52. The molecule has 0 radical (unpaired) electrons. The van der Waals surface area contributed by atoms with Gasteiger partial charge >= 0.3 is 12.1 Å². The number of methoxy groups -OCH3 is 1. The number of carbonyl (C=O) groups excluding carboxylic acids is 1. The number of para-hydroxylation sites is 1. The number of alkyl halides is 3. The standard InChI is InChI=1S/C16H13F3N2O4/c1-24-15(23)13(21-25-2)11-5-3-4-10(14(11)22)12-7-6-9(8-20-12)16(17,18)19/h3-8,22H,1-2H3. The fourth-order valence-corrected chi connectivity index (χ4v) is 2.05. The number of oxime groups is 1. The monoisotopic (exact) mass is 354 g/mol. The predicted molar refractivity (Wildman–Crippen MR) is 81.9 cm³/mol. The quantitative estimate of drug-likeness (QED) is 0.519. The largest absolute Gasteiger partial charge is 0.507 e. The maximum absolute atomic E-state index is 12.6. The number of rotatable bonds is 4. The molecule has 1 N–H and O–H groups in total. The molecule has 0 amide bonds. The topological polar surface area (TPSA) is 81.0 Å². The van der Waals surface area contributed by atoms with E-state index in [0.717, 1.165) is 19.2 Å². The van der Waals surface area contributed by atoms with Crippen LogP contribution in [0.1, 0.15) is 11.1 Å². The number of phenolic OH excluding ortho intramolecular Hbond substituents is 1. The first kappa shape index (κ1) is 18.2. The summed E-state index contributed by atoms with van der Waals surface area (Å²) in [6.45, 7) is 0. The van der Waals surface area contributed by atoms with E-state index in [1.165, 1.54) is 25.3 Å². The molecule has 0 aliphatic heterocycles. The van der Waals surface area contributed by atoms with Gasteiger partial charge < -0.3 is 14.7 Å². The summed E-state index contributed by atoms with van der Waals surface area (Å²) in [6, 6.07) is 6.28. The van der Waals surface area contributed by atoms with Crippen LogP contribution in [0.25, 0.3) is 11.3 Å². The summed E-state index contributed by atoms with van der Waals surface area (Å²) in [6.07, 6.45) is -3.86. The molecule has 0 aliphatic rings. The number of halogens is 3. The summed E-state index contributed by atoms with van der Waals surface area (Å²) in [4.78, 5) is 20.1. The Kier molecular flexibility index (Phi) is 5.26. The highest BCUT2D eigenvalue weighted by Gasteiger charge is 2.31. The second-order valence-electron chi connectivity index (χ2n) is 4.75. The number of carbonyl (C=O) groups is 1. The Morgan fingerprint density at radius 2 is 1.92 bits per heavy atom. The number of aromatic hydroxyl groups is 1. The van der Waals surface area contributed by atoms with Gasteiger partial charge in [-0.05, 0) is 24.3 Å². The van der Waals surface area contributed by atoms with Crippen molar-refractivity contribution in [1.29, 1.82) is 0 Å². The summed E-state index contributed by atoms with van der Waals surface area (Å²) in [5, 5.41) is 13.9. The van der Waals surface area contributed by atoms with Crippen molar-refractivity contribution in [2.24, 2.45) is 5.16 Å². The Bertz CT molecular complexity index is 802. The number of aromatic nitrogens is 1. The van der Waals surface area contributed by atoms with Crippen LogP contribution in [0.5, 0.6) is 5.75 Å². The van der Waals surface area contributed by atoms with Crippen LogP contribution in [0, 0.1) is 0 Å². The molecular weight excluding hydrogens is 341 g/mol. The lowest BCUT2D eigenvalue weighted by Crippen LogP contribution is -2.18. The van der Waals surface area contributed by atoms with Gasteiger partial charge in [0.15, 0.2) is 5.71 Å². The molecule has 0 fully saturated rings. The summed E-state index contributed by atoms with van der Waals surface area (Å²) >= 11 is 0. The van der Waals surface area contributed by atoms with Crippen molar-refractivity contribution in [3.63, 3.8) is 0 Å². The molecule has 0 atom stereocenters. The van der Waals surface area contributed by atoms with Gasteiger partial charge in [-0.1, -0.05) is 11.2 Å². The molecule has 1 aromatic carbocycles. The van der Waals surface area contributed by atoms with Gasteiger partial charge in [-0.25, -0.2) is 4.79 Å². The molecule has 0 spiro atoms. The van der Waals surface area contributed by atoms with Crippen molar-refractivity contribution in [2.45, 2.75) is 6.18 Å². The lowest BCUT2D eigenvalue weighted by Gasteiger charge is -2.11. The Morgan fingerprint density at radius 3 is 2.44 bits per heavy atom. The molecule has 1 heterocycles. The first-order valence-corrected chi connectivity index (χ1v) is 6.85. The van der Waals surface area contributed by atoms with Crippen LogP contribution in [0.15, 0.2) is 41.7 Å². The molecule has 9 heteroatoms. The smallest absolute Gasteiger partial charge is 0.417 e. The first-order valence-electron chi connectivity index (χ1n) is 6.85. The molecular formula is C16H13F3N2O4. The van der Waals surface area contributed by atoms with E-state index in [9.17, 15) is 23.1 Å². The Balaban J connectivity index is 2.51. The molecule has 132 valence electrons. The van der Waals surface area contributed by atoms with Gasteiger partial charge in [0.25, 0.3) is 0 Å². The minimum absolute atomic E-state index is 0.00658. The molecule has 2 aromatic rings. The normalized spacial score (nSPS) is 12.0. The molecule has 1 aromatic heterocycles. The number of ether oxygens (including phenoxy) is 1. The summed E-state index contributed by atoms with van der Waals surface area (Å²) in [7, 11) is 2.34.